The summed E-state index contributed by atoms with van der Waals surface area (Å²) in [5.41, 5.74) is 2.58. The Bertz CT molecular complexity index is 1100. The van der Waals surface area contributed by atoms with Gasteiger partial charge < -0.3 is 19.3 Å². The van der Waals surface area contributed by atoms with Crippen LogP contribution in [-0.4, -0.2) is 63.5 Å². The van der Waals surface area contributed by atoms with Crippen molar-refractivity contribution in [3.63, 3.8) is 0 Å². The van der Waals surface area contributed by atoms with Crippen molar-refractivity contribution < 1.29 is 14.3 Å². The molecule has 0 radical (unpaired) electrons. The zero-order valence-corrected chi connectivity index (χ0v) is 16.9. The molecule has 2 aromatic heterocycles. The third-order valence-corrected chi connectivity index (χ3v) is 5.38. The molecule has 0 bridgehead atoms. The van der Waals surface area contributed by atoms with Gasteiger partial charge in [-0.25, -0.2) is 14.6 Å². The van der Waals surface area contributed by atoms with Crippen molar-refractivity contribution in [3.8, 4) is 17.3 Å². The summed E-state index contributed by atoms with van der Waals surface area (Å²) in [5.74, 6) is 2.88. The van der Waals surface area contributed by atoms with E-state index >= 15 is 0 Å². The van der Waals surface area contributed by atoms with Gasteiger partial charge in [-0.1, -0.05) is 0 Å². The van der Waals surface area contributed by atoms with Crippen molar-refractivity contribution in [1.82, 2.24) is 24.6 Å². The maximum atomic E-state index is 12.9. The van der Waals surface area contributed by atoms with Gasteiger partial charge in [-0.3, -0.25) is 4.79 Å². The number of anilines is 1. The topological polar surface area (TPSA) is 85.6 Å². The van der Waals surface area contributed by atoms with E-state index in [-0.39, 0.29) is 12.7 Å². The van der Waals surface area contributed by atoms with Crippen molar-refractivity contribution in [2.45, 2.75) is 13.8 Å². The normalized spacial score (nSPS) is 15.5. The Balaban J connectivity index is 1.27. The van der Waals surface area contributed by atoms with Crippen LogP contribution in [0.2, 0.25) is 0 Å². The van der Waals surface area contributed by atoms with Crippen molar-refractivity contribution >= 4 is 11.7 Å². The Labute approximate surface area is 173 Å². The Morgan fingerprint density at radius 3 is 2.47 bits per heavy atom. The molecule has 0 N–H and O–H groups in total. The summed E-state index contributed by atoms with van der Waals surface area (Å²) in [4.78, 5) is 25.7. The fourth-order valence-corrected chi connectivity index (χ4v) is 3.84. The molecule has 3 aromatic rings. The second kappa shape index (κ2) is 7.33. The van der Waals surface area contributed by atoms with Crippen molar-refractivity contribution in [2.24, 2.45) is 0 Å². The molecule has 2 aliphatic heterocycles. The van der Waals surface area contributed by atoms with Crippen LogP contribution < -0.4 is 14.4 Å². The highest BCUT2D eigenvalue weighted by molar-refractivity contribution is 5.95. The van der Waals surface area contributed by atoms with E-state index in [1.165, 1.54) is 0 Å². The molecule has 0 atom stereocenters. The van der Waals surface area contributed by atoms with Gasteiger partial charge in [0.05, 0.1) is 5.69 Å². The van der Waals surface area contributed by atoms with Crippen LogP contribution >= 0.6 is 0 Å². The molecule has 0 unspecified atom stereocenters. The van der Waals surface area contributed by atoms with E-state index < -0.39 is 0 Å². The van der Waals surface area contributed by atoms with Gasteiger partial charge in [-0.2, -0.15) is 5.10 Å². The second-order valence-electron chi connectivity index (χ2n) is 7.42. The quantitative estimate of drug-likeness (QED) is 0.657. The molecule has 4 heterocycles. The highest BCUT2D eigenvalue weighted by Crippen LogP contribution is 2.33. The zero-order chi connectivity index (χ0) is 20.7. The average Bonchev–Trinajstić information content (AvgIpc) is 3.38. The molecule has 0 aliphatic carbocycles. The van der Waals surface area contributed by atoms with Crippen molar-refractivity contribution in [1.29, 1.82) is 0 Å². The smallest absolute Gasteiger partial charge is 0.254 e. The van der Waals surface area contributed by atoms with Gasteiger partial charge >= 0.3 is 0 Å². The number of carbonyl (C=O) groups is 1. The van der Waals surface area contributed by atoms with Crippen LogP contribution in [0.4, 0.5) is 5.82 Å². The highest BCUT2D eigenvalue weighted by atomic mass is 16.7. The molecule has 9 nitrogen and oxygen atoms in total. The predicted molar refractivity (Wildman–Crippen MR) is 109 cm³/mol. The van der Waals surface area contributed by atoms with Crippen LogP contribution in [0.15, 0.2) is 36.7 Å². The minimum Gasteiger partial charge on any atom is -0.454 e. The monoisotopic (exact) mass is 406 g/mol. The lowest BCUT2D eigenvalue weighted by molar-refractivity contribution is 0.0746. The molecule has 5 rings (SSSR count). The number of rotatable bonds is 3. The maximum Gasteiger partial charge on any atom is 0.254 e. The standard InChI is InChI=1S/C21H22N6O3/c1-14-9-15(2)27(24-14)20-11-19(22-12-23-20)25-5-7-26(8-6-25)21(28)16-3-4-17-18(10-16)30-13-29-17/h3-4,9-12H,5-8,13H2,1-2H3. The molecule has 0 spiro atoms. The minimum atomic E-state index is -0.000956. The Kier molecular flexibility index (Phi) is 4.50. The third-order valence-electron chi connectivity index (χ3n) is 5.38. The molecule has 9 heteroatoms. The van der Waals surface area contributed by atoms with Crippen LogP contribution in [0.5, 0.6) is 11.5 Å². The number of amides is 1. The number of ether oxygens (including phenoxy) is 2. The van der Waals surface area contributed by atoms with Gasteiger partial charge in [0.1, 0.15) is 12.1 Å². The lowest BCUT2D eigenvalue weighted by atomic mass is 10.1. The summed E-state index contributed by atoms with van der Waals surface area (Å²) < 4.78 is 12.5. The summed E-state index contributed by atoms with van der Waals surface area (Å²) in [6, 6.07) is 9.28. The second-order valence-corrected chi connectivity index (χ2v) is 7.42. The number of fused-ring (bicyclic) bond motifs is 1. The van der Waals surface area contributed by atoms with E-state index in [1.807, 2.05) is 35.6 Å². The number of aryl methyl sites for hydroxylation is 2. The number of aromatic nitrogens is 4. The van der Waals surface area contributed by atoms with E-state index in [2.05, 4.69) is 20.0 Å². The molecule has 154 valence electrons. The summed E-state index contributed by atoms with van der Waals surface area (Å²) in [6.45, 7) is 6.79. The lowest BCUT2D eigenvalue weighted by Crippen LogP contribution is -2.49. The maximum absolute atomic E-state index is 12.9. The number of piperazine rings is 1. The van der Waals surface area contributed by atoms with Gasteiger partial charge in [0.25, 0.3) is 5.91 Å². The molecular weight excluding hydrogens is 384 g/mol. The molecule has 0 saturated carbocycles. The Hall–Kier alpha value is -3.62. The first kappa shape index (κ1) is 18.4. The van der Waals surface area contributed by atoms with Crippen LogP contribution in [-0.2, 0) is 0 Å². The first-order valence-corrected chi connectivity index (χ1v) is 9.88. The first-order chi connectivity index (χ1) is 14.6. The van der Waals surface area contributed by atoms with Crippen LogP contribution in [0.25, 0.3) is 5.82 Å². The van der Waals surface area contributed by atoms with E-state index in [0.717, 1.165) is 23.0 Å². The Morgan fingerprint density at radius 1 is 0.933 bits per heavy atom. The Morgan fingerprint density at radius 2 is 1.70 bits per heavy atom. The first-order valence-electron chi connectivity index (χ1n) is 9.88. The minimum absolute atomic E-state index is 0.000956. The number of hydrogen-bond acceptors (Lipinski definition) is 7. The summed E-state index contributed by atoms with van der Waals surface area (Å²) in [6.07, 6.45) is 1.56. The number of nitrogens with zero attached hydrogens (tertiary/aromatic N) is 6. The molecule has 2 aliphatic rings. The molecule has 1 aromatic carbocycles. The van der Waals surface area contributed by atoms with Crippen LogP contribution in [0, 0.1) is 13.8 Å². The van der Waals surface area contributed by atoms with Gasteiger partial charge in [-0.05, 0) is 38.1 Å². The average molecular weight is 406 g/mol. The number of hydrogen-bond donors (Lipinski definition) is 0. The molecule has 1 fully saturated rings. The predicted octanol–water partition coefficient (Wildman–Crippen LogP) is 1.97. The fourth-order valence-electron chi connectivity index (χ4n) is 3.84. The van der Waals surface area contributed by atoms with Gasteiger partial charge in [-0.15, -0.1) is 0 Å². The SMILES string of the molecule is Cc1cc(C)n(-c2cc(N3CCN(C(=O)c4ccc5c(c4)OCO5)CC3)ncn2)n1. The largest absolute Gasteiger partial charge is 0.454 e. The van der Waals surface area contributed by atoms with Gasteiger partial charge in [0.2, 0.25) is 6.79 Å². The van der Waals surface area contributed by atoms with Gasteiger partial charge in [0.15, 0.2) is 17.3 Å². The lowest BCUT2D eigenvalue weighted by Gasteiger charge is -2.35. The highest BCUT2D eigenvalue weighted by Gasteiger charge is 2.25. The van der Waals surface area contributed by atoms with Crippen molar-refractivity contribution in [3.05, 3.63) is 53.6 Å². The third kappa shape index (κ3) is 3.32. The molecule has 1 amide bonds. The van der Waals surface area contributed by atoms with E-state index in [4.69, 9.17) is 9.47 Å². The molecule has 30 heavy (non-hydrogen) atoms. The summed E-state index contributed by atoms with van der Waals surface area (Å²) >= 11 is 0. The van der Waals surface area contributed by atoms with E-state index in [9.17, 15) is 4.79 Å². The van der Waals surface area contributed by atoms with Crippen molar-refractivity contribution in [2.75, 3.05) is 37.9 Å². The van der Waals surface area contributed by atoms with E-state index in [1.54, 1.807) is 24.5 Å². The van der Waals surface area contributed by atoms with E-state index in [0.29, 0.717) is 43.2 Å². The summed E-state index contributed by atoms with van der Waals surface area (Å²) in [7, 11) is 0. The fraction of sp³-hybridized carbons (Fsp3) is 0.333. The summed E-state index contributed by atoms with van der Waals surface area (Å²) in [5, 5.41) is 4.50. The molecule has 1 saturated heterocycles. The zero-order valence-electron chi connectivity index (χ0n) is 16.9. The number of benzene rings is 1. The molecular formula is C21H22N6O3. The van der Waals surface area contributed by atoms with Crippen LogP contribution in [0.3, 0.4) is 0 Å². The van der Waals surface area contributed by atoms with Crippen LogP contribution in [0.1, 0.15) is 21.7 Å². The number of carbonyl (C=O) groups excluding carboxylic acids is 1. The van der Waals surface area contributed by atoms with Gasteiger partial charge in [0, 0.05) is 43.5 Å².